The van der Waals surface area contributed by atoms with Gasteiger partial charge in [-0.05, 0) is 0 Å². The molecule has 0 bridgehead atoms. The first-order valence-electron chi connectivity index (χ1n) is 4.90. The minimum atomic E-state index is 0. The largest absolute Gasteiger partial charge is 1.00 e. The molecule has 0 spiro atoms. The molecule has 0 unspecified atom stereocenters. The van der Waals surface area contributed by atoms with Crippen molar-refractivity contribution in [2.24, 2.45) is 0 Å². The average Bonchev–Trinajstić information content (AvgIpc) is 2.16. The second-order valence-electron chi connectivity index (χ2n) is 4.20. The van der Waals surface area contributed by atoms with Crippen molar-refractivity contribution in [3.63, 3.8) is 0 Å². The minimum absolute atomic E-state index is 0. The summed E-state index contributed by atoms with van der Waals surface area (Å²) < 4.78 is 6.03. The van der Waals surface area contributed by atoms with E-state index in [1.165, 1.54) is 5.56 Å². The molecule has 0 N–H and O–H groups in total. The number of benzene rings is 1. The fraction of sp³-hybridized carbons (Fsp3) is 0.500. The predicted octanol–water partition coefficient (Wildman–Crippen LogP) is 1.71. The van der Waals surface area contributed by atoms with E-state index in [0.717, 1.165) is 24.2 Å². The van der Waals surface area contributed by atoms with E-state index in [4.69, 9.17) is 4.74 Å². The fourth-order valence-electron chi connectivity index (χ4n) is 1.41. The number of nitrogens with zero attached hydrogens (tertiary/aromatic N) is 1. The van der Waals surface area contributed by atoms with Crippen LogP contribution in [0.2, 0.25) is 0 Å². The molecule has 0 amide bonds. The van der Waals surface area contributed by atoms with Crippen LogP contribution >= 0.6 is 0 Å². The van der Waals surface area contributed by atoms with Crippen molar-refractivity contribution < 1.29 is 28.7 Å². The van der Waals surface area contributed by atoms with Crippen molar-refractivity contribution in [3.8, 4) is 0 Å². The predicted molar refractivity (Wildman–Crippen MR) is 57.8 cm³/mol. The maximum atomic E-state index is 5.09. The number of hydrogen-bond donors (Lipinski definition) is 0. The van der Waals surface area contributed by atoms with E-state index in [9.17, 15) is 0 Å². The van der Waals surface area contributed by atoms with E-state index in [1.807, 2.05) is 12.1 Å². The van der Waals surface area contributed by atoms with Crippen molar-refractivity contribution >= 4 is 0 Å². The Kier molecular flexibility index (Phi) is 6.99. The Balaban J connectivity index is 0.00000196. The van der Waals surface area contributed by atoms with Crippen molar-refractivity contribution in [3.05, 3.63) is 35.9 Å². The van der Waals surface area contributed by atoms with Gasteiger partial charge >= 0.3 is 19.5 Å². The van der Waals surface area contributed by atoms with E-state index in [0.29, 0.717) is 0 Å². The molecule has 2 nitrogen and oxygen atoms in total. The second kappa shape index (κ2) is 7.11. The zero-order valence-corrected chi connectivity index (χ0v) is 11.4. The topological polar surface area (TPSA) is 9.23 Å². The van der Waals surface area contributed by atoms with Gasteiger partial charge in [0, 0.05) is 7.11 Å². The first-order valence-corrected chi connectivity index (χ1v) is 4.90. The normalized spacial score (nSPS) is 10.9. The summed E-state index contributed by atoms with van der Waals surface area (Å²) in [6, 6.07) is 11.4. The average molecular weight is 294 g/mol. The van der Waals surface area contributed by atoms with Crippen LogP contribution in [0.5, 0.6) is 0 Å². The van der Waals surface area contributed by atoms with Gasteiger partial charge in [0.2, 0.25) is 0 Å². The molecule has 0 fully saturated rings. The third kappa shape index (κ3) is 6.04. The summed E-state index contributed by atoms with van der Waals surface area (Å²) in [7, 11) is 6.16. The van der Waals surface area contributed by atoms with Crippen molar-refractivity contribution in [1.29, 1.82) is 0 Å². The minimum Gasteiger partial charge on any atom is -0.379 e. The van der Waals surface area contributed by atoms with Gasteiger partial charge in [-0.1, -0.05) is 0 Å². The van der Waals surface area contributed by atoms with Gasteiger partial charge in [-0.2, -0.15) is 30.3 Å². The van der Waals surface area contributed by atoms with Gasteiger partial charge in [0.05, 0.1) is 27.2 Å². The van der Waals surface area contributed by atoms with E-state index in [2.05, 4.69) is 32.3 Å². The molecule has 1 rings (SSSR count). The number of ether oxygens (including phenoxy) is 1. The van der Waals surface area contributed by atoms with Crippen LogP contribution in [0.15, 0.2) is 24.3 Å². The van der Waals surface area contributed by atoms with Crippen LogP contribution in [0, 0.1) is 6.07 Å². The molecule has 1 radical (unpaired) electrons. The summed E-state index contributed by atoms with van der Waals surface area (Å²) in [4.78, 5) is 0. The zero-order valence-electron chi connectivity index (χ0n) is 9.64. The van der Waals surface area contributed by atoms with Gasteiger partial charge in [0.1, 0.15) is 6.54 Å². The van der Waals surface area contributed by atoms with Crippen LogP contribution in [-0.4, -0.2) is 38.8 Å². The van der Waals surface area contributed by atoms with E-state index < -0.39 is 0 Å². The van der Waals surface area contributed by atoms with Crippen LogP contribution in [0.1, 0.15) is 5.56 Å². The van der Waals surface area contributed by atoms with Crippen LogP contribution in [0.4, 0.5) is 0 Å². The Morgan fingerprint density at radius 3 is 2.60 bits per heavy atom. The van der Waals surface area contributed by atoms with E-state index >= 15 is 0 Å². The van der Waals surface area contributed by atoms with E-state index in [1.54, 1.807) is 7.11 Å². The summed E-state index contributed by atoms with van der Waals surface area (Å²) in [6.07, 6.45) is 0. The molecule has 0 atom stereocenters. The molecule has 0 heterocycles. The molecule has 0 aliphatic rings. The Morgan fingerprint density at radius 2 is 2.07 bits per heavy atom. The van der Waals surface area contributed by atoms with Crippen LogP contribution in [-0.2, 0) is 30.8 Å². The maximum Gasteiger partial charge on any atom is 1.00 e. The van der Waals surface area contributed by atoms with Crippen LogP contribution in [0.3, 0.4) is 0 Å². The number of rotatable bonds is 5. The summed E-state index contributed by atoms with van der Waals surface area (Å²) in [5.74, 6) is 0. The summed E-state index contributed by atoms with van der Waals surface area (Å²) in [5.41, 5.74) is 1.26. The fourth-order valence-corrected chi connectivity index (χ4v) is 1.41. The molecule has 1 aromatic carbocycles. The molecule has 0 aliphatic carbocycles. The third-order valence-corrected chi connectivity index (χ3v) is 2.27. The number of methoxy groups -OCH3 is 1. The van der Waals surface area contributed by atoms with Gasteiger partial charge in [-0.25, -0.2) is 0 Å². The van der Waals surface area contributed by atoms with Gasteiger partial charge in [0.25, 0.3) is 0 Å². The summed E-state index contributed by atoms with van der Waals surface area (Å²) in [5, 5.41) is 0. The van der Waals surface area contributed by atoms with Crippen LogP contribution in [0.25, 0.3) is 0 Å². The van der Waals surface area contributed by atoms with E-state index in [-0.39, 0.29) is 19.5 Å². The Bertz CT molecular complexity index is 262. The van der Waals surface area contributed by atoms with Gasteiger partial charge < -0.3 is 9.22 Å². The molecule has 0 saturated carbocycles. The third-order valence-electron chi connectivity index (χ3n) is 2.27. The van der Waals surface area contributed by atoms with Crippen LogP contribution < -0.4 is 0 Å². The van der Waals surface area contributed by atoms with Crippen molar-refractivity contribution in [2.75, 3.05) is 34.4 Å². The van der Waals surface area contributed by atoms with Gasteiger partial charge in [-0.15, -0.1) is 5.56 Å². The number of hydrogen-bond acceptors (Lipinski definition) is 1. The number of quaternary nitrogens is 1. The molecule has 0 aromatic heterocycles. The molecule has 3 heteroatoms. The van der Waals surface area contributed by atoms with Gasteiger partial charge in [-0.3, -0.25) is 0 Å². The quantitative estimate of drug-likeness (QED) is 0.456. The van der Waals surface area contributed by atoms with Gasteiger partial charge in [0.15, 0.2) is 0 Å². The maximum absolute atomic E-state index is 5.09. The summed E-state index contributed by atoms with van der Waals surface area (Å²) in [6.45, 7) is 2.84. The Labute approximate surface area is 106 Å². The SMILES string of the molecule is COCC[N+](C)(C)Cc1[c-]cccc1.[Ru+]. The Morgan fingerprint density at radius 1 is 1.33 bits per heavy atom. The molecular weight excluding hydrogens is 275 g/mol. The molecule has 0 saturated heterocycles. The first kappa shape index (κ1) is 14.8. The molecular formula is C12H19NORu+. The molecule has 85 valence electrons. The Hall–Kier alpha value is -0.237. The smallest absolute Gasteiger partial charge is 0.379 e. The molecule has 15 heavy (non-hydrogen) atoms. The van der Waals surface area contributed by atoms with Crippen molar-refractivity contribution in [2.45, 2.75) is 6.54 Å². The second-order valence-corrected chi connectivity index (χ2v) is 4.20. The number of likely N-dealkylation sites (N-methyl/N-ethyl adjacent to an activating group) is 1. The monoisotopic (exact) mass is 295 g/mol. The summed E-state index contributed by atoms with van der Waals surface area (Å²) >= 11 is 0. The molecule has 0 aliphatic heterocycles. The molecule has 1 aromatic rings. The standard InChI is InChI=1S/C12H19NO.Ru/c1-13(2,9-10-14-3)11-12-7-5-4-6-8-12;/h4-7H,9-11H2,1-3H3;/q;+1. The van der Waals surface area contributed by atoms with Crippen molar-refractivity contribution in [1.82, 2.24) is 0 Å². The zero-order chi connectivity index (χ0) is 10.4. The first-order chi connectivity index (χ1) is 6.64.